The number of nitrogens with one attached hydrogen (secondary N) is 1. The smallest absolute Gasteiger partial charge is 0.254 e. The number of methoxy groups -OCH3 is 2. The summed E-state index contributed by atoms with van der Waals surface area (Å²) in [6.07, 6.45) is 1.59. The number of hydrogen-bond acceptors (Lipinski definition) is 7. The summed E-state index contributed by atoms with van der Waals surface area (Å²) in [6, 6.07) is 22.8. The number of rotatable bonds is 14. The average molecular weight is 563 g/mol. The summed E-state index contributed by atoms with van der Waals surface area (Å²) in [6.45, 7) is 7.31. The van der Waals surface area contributed by atoms with Crippen LogP contribution in [0.1, 0.15) is 37.0 Å². The monoisotopic (exact) mass is 562 g/mol. The topological polar surface area (TPSA) is 78.5 Å². The third-order valence-corrected chi connectivity index (χ3v) is 7.03. The Labute approximate surface area is 243 Å². The average Bonchev–Trinajstić information content (AvgIpc) is 2.99. The van der Waals surface area contributed by atoms with E-state index in [4.69, 9.17) is 23.7 Å². The summed E-state index contributed by atoms with van der Waals surface area (Å²) in [4.78, 5) is 15.8. The van der Waals surface area contributed by atoms with Gasteiger partial charge in [0, 0.05) is 62.9 Å². The van der Waals surface area contributed by atoms with Crippen molar-refractivity contribution in [1.29, 1.82) is 0 Å². The highest BCUT2D eigenvalue weighted by atomic mass is 16.5. The van der Waals surface area contributed by atoms with Gasteiger partial charge in [-0.05, 0) is 62.7 Å². The maximum absolute atomic E-state index is 13.8. The molecule has 0 bridgehead atoms. The maximum atomic E-state index is 13.8. The van der Waals surface area contributed by atoms with E-state index in [1.54, 1.807) is 32.4 Å². The maximum Gasteiger partial charge on any atom is 0.254 e. The zero-order valence-corrected chi connectivity index (χ0v) is 24.5. The highest BCUT2D eigenvalue weighted by Gasteiger charge is 2.32. The predicted octanol–water partition coefficient (Wildman–Crippen LogP) is 5.81. The van der Waals surface area contributed by atoms with E-state index in [0.717, 1.165) is 43.2 Å². The third-order valence-electron chi connectivity index (χ3n) is 7.03. The number of carbonyl (C=O) groups is 1. The molecule has 8 heteroatoms. The van der Waals surface area contributed by atoms with Crippen molar-refractivity contribution in [3.8, 4) is 28.7 Å². The highest BCUT2D eigenvalue weighted by molar-refractivity contribution is 5.95. The Morgan fingerprint density at radius 2 is 1.66 bits per heavy atom. The van der Waals surface area contributed by atoms with Crippen molar-refractivity contribution in [2.24, 2.45) is 5.92 Å². The second kappa shape index (κ2) is 15.3. The van der Waals surface area contributed by atoms with Gasteiger partial charge in [-0.25, -0.2) is 0 Å². The van der Waals surface area contributed by atoms with Gasteiger partial charge >= 0.3 is 0 Å². The Kier molecular flexibility index (Phi) is 11.3. The van der Waals surface area contributed by atoms with Gasteiger partial charge in [0.2, 0.25) is 0 Å². The minimum Gasteiger partial charge on any atom is -0.493 e. The highest BCUT2D eigenvalue weighted by Crippen LogP contribution is 2.31. The number of ether oxygens (including phenoxy) is 5. The van der Waals surface area contributed by atoms with Gasteiger partial charge in [-0.3, -0.25) is 4.79 Å². The molecule has 1 saturated heterocycles. The number of amides is 1. The fourth-order valence-electron chi connectivity index (χ4n) is 5.09. The quantitative estimate of drug-likeness (QED) is 0.249. The van der Waals surface area contributed by atoms with Crippen LogP contribution in [0.15, 0.2) is 72.8 Å². The molecule has 3 aromatic carbocycles. The van der Waals surface area contributed by atoms with E-state index in [2.05, 4.69) is 19.2 Å². The molecule has 1 aliphatic rings. The van der Waals surface area contributed by atoms with E-state index >= 15 is 0 Å². The van der Waals surface area contributed by atoms with Crippen molar-refractivity contribution in [1.82, 2.24) is 10.2 Å². The Hall–Kier alpha value is -3.75. The molecule has 1 amide bonds. The van der Waals surface area contributed by atoms with Gasteiger partial charge < -0.3 is 33.9 Å². The van der Waals surface area contributed by atoms with E-state index in [0.29, 0.717) is 36.9 Å². The third kappa shape index (κ3) is 8.62. The summed E-state index contributed by atoms with van der Waals surface area (Å²) >= 11 is 0. The first-order valence-electron chi connectivity index (χ1n) is 14.3. The molecule has 2 unspecified atom stereocenters. The standard InChI is InChI=1S/C33H42N2O6/c1-24(2)35(33(36)26-14-15-31(38-4)32(19-26)39-17-9-16-37-3)27-18-25(21-34-22-27)23-40-29-12-8-13-30(20-29)41-28-10-6-5-7-11-28/h5-8,10-15,19-20,24-25,27,34H,9,16-18,21-23H2,1-4H3. The normalized spacial score (nSPS) is 16.7. The van der Waals surface area contributed by atoms with Crippen molar-refractivity contribution in [3.63, 3.8) is 0 Å². The molecule has 1 heterocycles. The van der Waals surface area contributed by atoms with Gasteiger partial charge in [-0.2, -0.15) is 0 Å². The number of piperidine rings is 1. The molecular formula is C33H42N2O6. The number of nitrogens with zero attached hydrogens (tertiary/aromatic N) is 1. The van der Waals surface area contributed by atoms with Crippen LogP contribution in [0.5, 0.6) is 28.7 Å². The van der Waals surface area contributed by atoms with Crippen LogP contribution in [0.2, 0.25) is 0 Å². The van der Waals surface area contributed by atoms with Crippen molar-refractivity contribution in [2.75, 3.05) is 47.1 Å². The van der Waals surface area contributed by atoms with Crippen molar-refractivity contribution < 1.29 is 28.5 Å². The van der Waals surface area contributed by atoms with E-state index < -0.39 is 0 Å². The lowest BCUT2D eigenvalue weighted by molar-refractivity contribution is 0.0509. The number of benzene rings is 3. The zero-order valence-electron chi connectivity index (χ0n) is 24.5. The number of hydrogen-bond donors (Lipinski definition) is 1. The van der Waals surface area contributed by atoms with E-state index in [1.165, 1.54) is 0 Å². The Bertz CT molecular complexity index is 1240. The molecule has 1 fully saturated rings. The first-order valence-corrected chi connectivity index (χ1v) is 14.3. The van der Waals surface area contributed by atoms with Gasteiger partial charge in [0.25, 0.3) is 5.91 Å². The van der Waals surface area contributed by atoms with Crippen LogP contribution in [-0.2, 0) is 4.74 Å². The molecule has 0 saturated carbocycles. The molecule has 2 atom stereocenters. The van der Waals surface area contributed by atoms with Gasteiger partial charge in [-0.1, -0.05) is 24.3 Å². The minimum absolute atomic E-state index is 0.0222. The molecule has 220 valence electrons. The minimum atomic E-state index is -0.0245. The van der Waals surface area contributed by atoms with E-state index in [-0.39, 0.29) is 23.9 Å². The van der Waals surface area contributed by atoms with E-state index in [1.807, 2.05) is 59.5 Å². The molecule has 0 aromatic heterocycles. The summed E-state index contributed by atoms with van der Waals surface area (Å²) in [5.41, 5.74) is 0.579. The van der Waals surface area contributed by atoms with Crippen LogP contribution in [0.3, 0.4) is 0 Å². The molecule has 0 spiro atoms. The Balaban J connectivity index is 1.39. The van der Waals surface area contributed by atoms with Crippen molar-refractivity contribution in [3.05, 3.63) is 78.4 Å². The lowest BCUT2D eigenvalue weighted by atomic mass is 9.94. The summed E-state index contributed by atoms with van der Waals surface area (Å²) in [7, 11) is 3.26. The largest absolute Gasteiger partial charge is 0.493 e. The first kappa shape index (κ1) is 30.2. The lowest BCUT2D eigenvalue weighted by Crippen LogP contribution is -2.54. The second-order valence-electron chi connectivity index (χ2n) is 10.5. The second-order valence-corrected chi connectivity index (χ2v) is 10.5. The van der Waals surface area contributed by atoms with E-state index in [9.17, 15) is 4.79 Å². The molecule has 1 N–H and O–H groups in total. The molecule has 0 radical (unpaired) electrons. The Morgan fingerprint density at radius 3 is 2.41 bits per heavy atom. The first-order chi connectivity index (χ1) is 20.0. The van der Waals surface area contributed by atoms with Gasteiger partial charge in [-0.15, -0.1) is 0 Å². The lowest BCUT2D eigenvalue weighted by Gasteiger charge is -2.40. The van der Waals surface area contributed by atoms with Crippen LogP contribution in [0, 0.1) is 5.92 Å². The van der Waals surface area contributed by atoms with Crippen LogP contribution in [0.25, 0.3) is 0 Å². The van der Waals surface area contributed by atoms with Gasteiger partial charge in [0.05, 0.1) is 20.3 Å². The van der Waals surface area contributed by atoms with Crippen molar-refractivity contribution >= 4 is 5.91 Å². The van der Waals surface area contributed by atoms with Crippen LogP contribution in [0.4, 0.5) is 0 Å². The molecule has 4 rings (SSSR count). The fraction of sp³-hybridized carbons (Fsp3) is 0.424. The van der Waals surface area contributed by atoms with Crippen LogP contribution >= 0.6 is 0 Å². The molecular weight excluding hydrogens is 520 g/mol. The van der Waals surface area contributed by atoms with Crippen LogP contribution in [-0.4, -0.2) is 70.0 Å². The molecule has 8 nitrogen and oxygen atoms in total. The SMILES string of the molecule is COCCCOc1cc(C(=O)N(C(C)C)C2CNCC(COc3cccc(Oc4ccccc4)c3)C2)ccc1OC. The molecule has 1 aliphatic heterocycles. The summed E-state index contributed by atoms with van der Waals surface area (Å²) in [5.74, 6) is 3.65. The zero-order chi connectivity index (χ0) is 29.0. The van der Waals surface area contributed by atoms with Gasteiger partial charge in [0.15, 0.2) is 11.5 Å². The van der Waals surface area contributed by atoms with Gasteiger partial charge in [0.1, 0.15) is 17.2 Å². The number of carbonyl (C=O) groups excluding carboxylic acids is 1. The molecule has 3 aromatic rings. The summed E-state index contributed by atoms with van der Waals surface area (Å²) < 4.78 is 28.6. The Morgan fingerprint density at radius 1 is 0.878 bits per heavy atom. The van der Waals surface area contributed by atoms with Crippen molar-refractivity contribution in [2.45, 2.75) is 38.8 Å². The molecule has 0 aliphatic carbocycles. The molecule has 41 heavy (non-hydrogen) atoms. The predicted molar refractivity (Wildman–Crippen MR) is 160 cm³/mol. The number of para-hydroxylation sites is 1. The fourth-order valence-corrected chi connectivity index (χ4v) is 5.09. The van der Waals surface area contributed by atoms with Crippen LogP contribution < -0.4 is 24.3 Å². The summed E-state index contributed by atoms with van der Waals surface area (Å²) in [5, 5.41) is 3.52.